The molecule has 4 nitrogen and oxygen atoms in total. The zero-order valence-corrected chi connectivity index (χ0v) is 13.5. The lowest BCUT2D eigenvalue weighted by Gasteiger charge is -2.07. The number of nitrogens with zero attached hydrogens (tertiary/aromatic N) is 2. The molecule has 0 amide bonds. The van der Waals surface area contributed by atoms with Gasteiger partial charge in [0.15, 0.2) is 0 Å². The van der Waals surface area contributed by atoms with Crippen LogP contribution >= 0.6 is 22.9 Å². The monoisotopic (exact) mass is 319 g/mol. The number of thiophene rings is 1. The van der Waals surface area contributed by atoms with E-state index in [2.05, 4.69) is 22.2 Å². The number of benzene rings is 1. The summed E-state index contributed by atoms with van der Waals surface area (Å²) in [5.41, 5.74) is 2.25. The van der Waals surface area contributed by atoms with E-state index in [0.29, 0.717) is 0 Å². The number of rotatable bonds is 3. The molecule has 0 saturated heterocycles. The van der Waals surface area contributed by atoms with Crippen LogP contribution in [0.4, 0.5) is 5.82 Å². The van der Waals surface area contributed by atoms with Crippen LogP contribution in [-0.4, -0.2) is 24.1 Å². The Kier molecular flexibility index (Phi) is 3.69. The number of anilines is 1. The van der Waals surface area contributed by atoms with E-state index in [4.69, 9.17) is 16.3 Å². The summed E-state index contributed by atoms with van der Waals surface area (Å²) in [6.45, 7) is 2.08. The highest BCUT2D eigenvalue weighted by Crippen LogP contribution is 2.41. The highest BCUT2D eigenvalue weighted by molar-refractivity contribution is 7.19. The zero-order valence-electron chi connectivity index (χ0n) is 11.9. The molecule has 0 aliphatic heterocycles. The Morgan fingerprint density at radius 3 is 2.52 bits per heavy atom. The molecule has 0 aliphatic carbocycles. The molecule has 0 spiro atoms. The van der Waals surface area contributed by atoms with E-state index in [1.807, 2.05) is 31.3 Å². The fourth-order valence-electron chi connectivity index (χ4n) is 2.37. The van der Waals surface area contributed by atoms with Gasteiger partial charge in [-0.05, 0) is 36.2 Å². The lowest BCUT2D eigenvalue weighted by molar-refractivity contribution is 0.415. The van der Waals surface area contributed by atoms with Crippen LogP contribution in [0.1, 0.15) is 4.88 Å². The summed E-state index contributed by atoms with van der Waals surface area (Å²) in [5.74, 6) is 1.59. The molecule has 2 heterocycles. The van der Waals surface area contributed by atoms with Crippen molar-refractivity contribution >= 4 is 39.0 Å². The van der Waals surface area contributed by atoms with E-state index < -0.39 is 0 Å². The molecule has 3 rings (SSSR count). The van der Waals surface area contributed by atoms with Gasteiger partial charge >= 0.3 is 0 Å². The first-order valence-electron chi connectivity index (χ1n) is 6.43. The number of hydrogen-bond donors (Lipinski definition) is 1. The highest BCUT2D eigenvalue weighted by atomic mass is 35.5. The van der Waals surface area contributed by atoms with Gasteiger partial charge in [0.05, 0.1) is 12.5 Å². The first-order valence-corrected chi connectivity index (χ1v) is 7.62. The molecule has 6 heteroatoms. The fraction of sp³-hybridized carbons (Fsp3) is 0.200. The predicted molar refractivity (Wildman–Crippen MR) is 88.7 cm³/mol. The summed E-state index contributed by atoms with van der Waals surface area (Å²) in [6.07, 6.45) is 0. The van der Waals surface area contributed by atoms with Crippen molar-refractivity contribution < 1.29 is 4.74 Å². The number of halogens is 1. The average Bonchev–Trinajstić information content (AvgIpc) is 2.82. The summed E-state index contributed by atoms with van der Waals surface area (Å²) < 4.78 is 5.21. The Bertz CT molecular complexity index is 799. The van der Waals surface area contributed by atoms with Gasteiger partial charge < -0.3 is 10.1 Å². The first kappa shape index (κ1) is 14.1. The molecule has 0 atom stereocenters. The normalized spacial score (nSPS) is 10.9. The van der Waals surface area contributed by atoms with Crippen LogP contribution in [0.25, 0.3) is 21.3 Å². The molecule has 3 aromatic rings. The summed E-state index contributed by atoms with van der Waals surface area (Å²) >= 11 is 7.60. The van der Waals surface area contributed by atoms with E-state index in [-0.39, 0.29) is 5.28 Å². The van der Waals surface area contributed by atoms with Crippen LogP contribution in [0.2, 0.25) is 5.28 Å². The minimum absolute atomic E-state index is 0.259. The van der Waals surface area contributed by atoms with Crippen LogP contribution in [0.5, 0.6) is 5.75 Å². The molecule has 0 saturated carbocycles. The van der Waals surface area contributed by atoms with E-state index in [9.17, 15) is 0 Å². The number of nitrogens with one attached hydrogen (secondary N) is 1. The number of methoxy groups -OCH3 is 1. The van der Waals surface area contributed by atoms with Crippen molar-refractivity contribution in [3.8, 4) is 16.9 Å². The second kappa shape index (κ2) is 5.50. The fourth-order valence-corrected chi connectivity index (χ4v) is 3.64. The topological polar surface area (TPSA) is 47.0 Å². The van der Waals surface area contributed by atoms with Gasteiger partial charge in [-0.3, -0.25) is 0 Å². The van der Waals surface area contributed by atoms with E-state index in [1.165, 1.54) is 4.88 Å². The Morgan fingerprint density at radius 1 is 1.19 bits per heavy atom. The second-order valence-electron chi connectivity index (χ2n) is 4.53. The zero-order chi connectivity index (χ0) is 15.0. The lowest BCUT2D eigenvalue weighted by atomic mass is 10.0. The van der Waals surface area contributed by atoms with Gasteiger partial charge in [-0.25, -0.2) is 9.97 Å². The Hall–Kier alpha value is -1.85. The van der Waals surface area contributed by atoms with E-state index in [0.717, 1.165) is 32.9 Å². The lowest BCUT2D eigenvalue weighted by Crippen LogP contribution is -1.95. The summed E-state index contributed by atoms with van der Waals surface area (Å²) in [4.78, 5) is 10.7. The molecular formula is C15H14ClN3OS. The quantitative estimate of drug-likeness (QED) is 0.728. The van der Waals surface area contributed by atoms with Gasteiger partial charge in [0.2, 0.25) is 5.28 Å². The Balaban J connectivity index is 2.28. The van der Waals surface area contributed by atoms with Crippen molar-refractivity contribution in [2.75, 3.05) is 19.5 Å². The average molecular weight is 320 g/mol. The molecule has 21 heavy (non-hydrogen) atoms. The van der Waals surface area contributed by atoms with Gasteiger partial charge in [-0.1, -0.05) is 12.1 Å². The minimum atomic E-state index is 0.259. The standard InChI is InChI=1S/C15H14ClN3OS/c1-8-11(9-4-6-10(20-3)7-5-9)12-13(17-2)18-15(16)19-14(12)21-8/h4-7H,1-3H3,(H,17,18,19). The third-order valence-electron chi connectivity index (χ3n) is 3.32. The van der Waals surface area contributed by atoms with Crippen LogP contribution in [0.15, 0.2) is 24.3 Å². The third-order valence-corrected chi connectivity index (χ3v) is 4.48. The van der Waals surface area contributed by atoms with Crippen LogP contribution < -0.4 is 10.1 Å². The van der Waals surface area contributed by atoms with Crippen molar-refractivity contribution in [1.82, 2.24) is 9.97 Å². The maximum atomic E-state index is 5.98. The molecule has 0 aliphatic rings. The number of ether oxygens (including phenoxy) is 1. The predicted octanol–water partition coefficient (Wildman–Crippen LogP) is 4.37. The molecule has 108 valence electrons. The van der Waals surface area contributed by atoms with Crippen molar-refractivity contribution in [3.05, 3.63) is 34.4 Å². The first-order chi connectivity index (χ1) is 10.1. The smallest absolute Gasteiger partial charge is 0.225 e. The molecule has 1 aromatic carbocycles. The van der Waals surface area contributed by atoms with Crippen molar-refractivity contribution in [2.24, 2.45) is 0 Å². The molecule has 0 bridgehead atoms. The number of fused-ring (bicyclic) bond motifs is 1. The van der Waals surface area contributed by atoms with Crippen LogP contribution in [0.3, 0.4) is 0 Å². The minimum Gasteiger partial charge on any atom is -0.497 e. The van der Waals surface area contributed by atoms with Gasteiger partial charge in [-0.15, -0.1) is 11.3 Å². The van der Waals surface area contributed by atoms with E-state index in [1.54, 1.807) is 18.4 Å². The third kappa shape index (κ3) is 2.43. The van der Waals surface area contributed by atoms with Crippen LogP contribution in [-0.2, 0) is 0 Å². The molecule has 0 fully saturated rings. The SMILES string of the molecule is CNc1nc(Cl)nc2sc(C)c(-c3ccc(OC)cc3)c12. The Morgan fingerprint density at radius 2 is 1.90 bits per heavy atom. The maximum Gasteiger partial charge on any atom is 0.225 e. The van der Waals surface area contributed by atoms with Gasteiger partial charge in [-0.2, -0.15) is 0 Å². The van der Waals surface area contributed by atoms with Crippen molar-refractivity contribution in [2.45, 2.75) is 6.92 Å². The maximum absolute atomic E-state index is 5.98. The van der Waals surface area contributed by atoms with Crippen molar-refractivity contribution in [1.29, 1.82) is 0 Å². The molecular weight excluding hydrogens is 306 g/mol. The number of aromatic nitrogens is 2. The van der Waals surface area contributed by atoms with Gasteiger partial charge in [0, 0.05) is 17.5 Å². The van der Waals surface area contributed by atoms with Gasteiger partial charge in [0.25, 0.3) is 0 Å². The molecule has 2 aromatic heterocycles. The number of hydrogen-bond acceptors (Lipinski definition) is 5. The Labute approximate surface area is 131 Å². The van der Waals surface area contributed by atoms with Crippen molar-refractivity contribution in [3.63, 3.8) is 0 Å². The molecule has 0 unspecified atom stereocenters. The highest BCUT2D eigenvalue weighted by Gasteiger charge is 2.17. The summed E-state index contributed by atoms with van der Waals surface area (Å²) in [6, 6.07) is 7.99. The summed E-state index contributed by atoms with van der Waals surface area (Å²) in [7, 11) is 3.50. The largest absolute Gasteiger partial charge is 0.497 e. The molecule has 0 radical (unpaired) electrons. The van der Waals surface area contributed by atoms with Gasteiger partial charge in [0.1, 0.15) is 16.4 Å². The number of aryl methyl sites for hydroxylation is 1. The second-order valence-corrected chi connectivity index (χ2v) is 6.07. The summed E-state index contributed by atoms with van der Waals surface area (Å²) in [5, 5.41) is 4.37. The molecule has 1 N–H and O–H groups in total. The van der Waals surface area contributed by atoms with Crippen LogP contribution in [0, 0.1) is 6.92 Å². The van der Waals surface area contributed by atoms with E-state index >= 15 is 0 Å².